The Morgan fingerprint density at radius 1 is 0.697 bits per heavy atom. The van der Waals surface area contributed by atoms with Crippen molar-refractivity contribution in [3.63, 3.8) is 0 Å². The number of carbonyl (C=O) groups is 2. The first kappa shape index (κ1) is 28.4. The van der Waals surface area contributed by atoms with Crippen molar-refractivity contribution in [3.8, 4) is 0 Å². The number of hydrogen-bond acceptors (Lipinski definition) is 2. The molecule has 1 heterocycles. The lowest BCUT2D eigenvalue weighted by Crippen LogP contribution is -1.99. The number of aldehydes is 1. The standard InChI is InChI=1S/C30H43NO2/c1-2-3-4-5-6-7-8-9-10-11-12-13-14-15-16-17-18-19-20-21-22-23-24-30(33)29-26-25-28(27-32)31-29/h3-4,6-7,9-10,12-13,15-16,25-27,31H,2,5,8,11,14,17-24H2,1H3. The summed E-state index contributed by atoms with van der Waals surface area (Å²) in [5.74, 6) is 0.0986. The summed E-state index contributed by atoms with van der Waals surface area (Å²) in [5.41, 5.74) is 1.01. The van der Waals surface area contributed by atoms with Crippen molar-refractivity contribution in [2.45, 2.75) is 90.4 Å². The molecular formula is C30H43NO2. The monoisotopic (exact) mass is 449 g/mol. The van der Waals surface area contributed by atoms with Crippen LogP contribution >= 0.6 is 0 Å². The normalized spacial score (nSPS) is 12.4. The Hall–Kier alpha value is -2.68. The summed E-state index contributed by atoms with van der Waals surface area (Å²) >= 11 is 0. The number of rotatable bonds is 20. The van der Waals surface area contributed by atoms with Gasteiger partial charge in [0, 0.05) is 6.42 Å². The number of Topliss-reactive ketones (excluding diaryl/α,β-unsaturated/α-hetero) is 1. The van der Waals surface area contributed by atoms with Gasteiger partial charge in [0.2, 0.25) is 0 Å². The number of hydrogen-bond donors (Lipinski definition) is 1. The molecule has 3 nitrogen and oxygen atoms in total. The molecule has 0 saturated carbocycles. The summed E-state index contributed by atoms with van der Waals surface area (Å²) in [6.07, 6.45) is 36.9. The van der Waals surface area contributed by atoms with Crippen LogP contribution in [0.4, 0.5) is 0 Å². The smallest absolute Gasteiger partial charge is 0.179 e. The highest BCUT2D eigenvalue weighted by Gasteiger charge is 2.07. The molecule has 0 atom stereocenters. The molecule has 33 heavy (non-hydrogen) atoms. The van der Waals surface area contributed by atoms with Crippen LogP contribution in [0.15, 0.2) is 72.9 Å². The van der Waals surface area contributed by atoms with E-state index in [1.54, 1.807) is 12.1 Å². The van der Waals surface area contributed by atoms with Crippen LogP contribution < -0.4 is 0 Å². The first-order valence-corrected chi connectivity index (χ1v) is 12.7. The number of ketones is 1. The number of aromatic nitrogens is 1. The first-order valence-electron chi connectivity index (χ1n) is 12.7. The van der Waals surface area contributed by atoms with Crippen LogP contribution in [-0.2, 0) is 0 Å². The van der Waals surface area contributed by atoms with Gasteiger partial charge in [-0.2, -0.15) is 0 Å². The lowest BCUT2D eigenvalue weighted by molar-refractivity contribution is 0.0975. The molecule has 0 saturated heterocycles. The zero-order valence-electron chi connectivity index (χ0n) is 20.5. The van der Waals surface area contributed by atoms with Gasteiger partial charge >= 0.3 is 0 Å². The molecule has 180 valence electrons. The fraction of sp³-hybridized carbons (Fsp3) is 0.467. The van der Waals surface area contributed by atoms with E-state index in [0.29, 0.717) is 17.8 Å². The predicted molar refractivity (Wildman–Crippen MR) is 142 cm³/mol. The number of allylic oxidation sites excluding steroid dienone is 10. The minimum Gasteiger partial charge on any atom is -0.350 e. The average molecular weight is 450 g/mol. The average Bonchev–Trinajstić information content (AvgIpc) is 3.32. The van der Waals surface area contributed by atoms with Crippen molar-refractivity contribution in [2.75, 3.05) is 0 Å². The predicted octanol–water partition coefficient (Wildman–Crippen LogP) is 8.88. The molecule has 1 aromatic heterocycles. The Labute approximate surface area is 201 Å². The molecule has 0 radical (unpaired) electrons. The summed E-state index contributed by atoms with van der Waals surface area (Å²) in [6.45, 7) is 2.16. The molecule has 0 aliphatic rings. The molecule has 0 bridgehead atoms. The van der Waals surface area contributed by atoms with E-state index in [1.165, 1.54) is 25.7 Å². The first-order chi connectivity index (χ1) is 16.3. The lowest BCUT2D eigenvalue weighted by atomic mass is 10.1. The third-order valence-electron chi connectivity index (χ3n) is 5.32. The van der Waals surface area contributed by atoms with E-state index in [2.05, 4.69) is 72.7 Å². The highest BCUT2D eigenvalue weighted by molar-refractivity contribution is 5.95. The van der Waals surface area contributed by atoms with Crippen molar-refractivity contribution >= 4 is 12.1 Å². The van der Waals surface area contributed by atoms with E-state index in [0.717, 1.165) is 57.7 Å². The molecule has 0 aromatic carbocycles. The van der Waals surface area contributed by atoms with Crippen molar-refractivity contribution in [3.05, 3.63) is 84.3 Å². The highest BCUT2D eigenvalue weighted by Crippen LogP contribution is 2.12. The van der Waals surface area contributed by atoms with Gasteiger partial charge in [0.1, 0.15) is 0 Å². The summed E-state index contributed by atoms with van der Waals surface area (Å²) in [5, 5.41) is 0. The Kier molecular flexibility index (Phi) is 18.2. The largest absolute Gasteiger partial charge is 0.350 e. The maximum Gasteiger partial charge on any atom is 0.179 e. The third kappa shape index (κ3) is 16.6. The van der Waals surface area contributed by atoms with Crippen molar-refractivity contribution < 1.29 is 9.59 Å². The van der Waals surface area contributed by atoms with Gasteiger partial charge in [-0.25, -0.2) is 0 Å². The number of aromatic amines is 1. The second kappa shape index (κ2) is 21.2. The van der Waals surface area contributed by atoms with Crippen LogP contribution in [0.5, 0.6) is 0 Å². The Balaban J connectivity index is 1.89. The number of unbranched alkanes of at least 4 members (excludes halogenated alkanes) is 6. The summed E-state index contributed by atoms with van der Waals surface area (Å²) < 4.78 is 0. The Morgan fingerprint density at radius 2 is 1.21 bits per heavy atom. The number of nitrogens with one attached hydrogen (secondary N) is 1. The number of carbonyl (C=O) groups excluding carboxylic acids is 2. The van der Waals surface area contributed by atoms with Crippen molar-refractivity contribution in [1.82, 2.24) is 4.98 Å². The summed E-state index contributed by atoms with van der Waals surface area (Å²) in [7, 11) is 0. The van der Waals surface area contributed by atoms with Gasteiger partial charge in [0.05, 0.1) is 11.4 Å². The maximum absolute atomic E-state index is 12.0. The van der Waals surface area contributed by atoms with Crippen LogP contribution in [0.25, 0.3) is 0 Å². The number of H-pyrrole nitrogens is 1. The third-order valence-corrected chi connectivity index (χ3v) is 5.32. The van der Waals surface area contributed by atoms with E-state index in [9.17, 15) is 9.59 Å². The highest BCUT2D eigenvalue weighted by atomic mass is 16.1. The van der Waals surface area contributed by atoms with E-state index < -0.39 is 0 Å². The molecule has 3 heteroatoms. The van der Waals surface area contributed by atoms with Gasteiger partial charge in [-0.05, 0) is 63.5 Å². The Bertz CT molecular complexity index is 777. The molecule has 1 rings (SSSR count). The maximum atomic E-state index is 12.0. The Morgan fingerprint density at radius 3 is 1.76 bits per heavy atom. The second-order valence-corrected chi connectivity index (χ2v) is 8.24. The summed E-state index contributed by atoms with van der Waals surface area (Å²) in [6, 6.07) is 3.35. The molecule has 0 amide bonds. The van der Waals surface area contributed by atoms with Gasteiger partial charge < -0.3 is 4.98 Å². The van der Waals surface area contributed by atoms with Crippen molar-refractivity contribution in [2.24, 2.45) is 0 Å². The van der Waals surface area contributed by atoms with Crippen molar-refractivity contribution in [1.29, 1.82) is 0 Å². The van der Waals surface area contributed by atoms with E-state index in [-0.39, 0.29) is 5.78 Å². The molecule has 1 N–H and O–H groups in total. The second-order valence-electron chi connectivity index (χ2n) is 8.24. The fourth-order valence-corrected chi connectivity index (χ4v) is 3.40. The van der Waals surface area contributed by atoms with Gasteiger partial charge in [0.25, 0.3) is 0 Å². The van der Waals surface area contributed by atoms with Gasteiger partial charge in [-0.15, -0.1) is 0 Å². The lowest BCUT2D eigenvalue weighted by Gasteiger charge is -2.01. The molecular weight excluding hydrogens is 406 g/mol. The van der Waals surface area contributed by atoms with Crippen LogP contribution in [0.3, 0.4) is 0 Å². The minimum absolute atomic E-state index is 0.0986. The molecule has 0 aliphatic carbocycles. The molecule has 0 fully saturated rings. The van der Waals surface area contributed by atoms with Crippen LogP contribution in [0.1, 0.15) is 111 Å². The van der Waals surface area contributed by atoms with E-state index in [1.807, 2.05) is 0 Å². The molecule has 0 aliphatic heterocycles. The van der Waals surface area contributed by atoms with E-state index in [4.69, 9.17) is 0 Å². The quantitative estimate of drug-likeness (QED) is 0.0935. The molecule has 1 aromatic rings. The topological polar surface area (TPSA) is 49.9 Å². The van der Waals surface area contributed by atoms with Crippen LogP contribution in [0.2, 0.25) is 0 Å². The molecule has 0 unspecified atom stereocenters. The zero-order valence-corrected chi connectivity index (χ0v) is 20.5. The fourth-order valence-electron chi connectivity index (χ4n) is 3.40. The van der Waals surface area contributed by atoms with Gasteiger partial charge in [-0.3, -0.25) is 9.59 Å². The zero-order chi connectivity index (χ0) is 23.8. The SMILES string of the molecule is CCC=CCC=CCC=CCC=CCC=CCCCCCCCCC(=O)c1ccc(C=O)[nH]1. The van der Waals surface area contributed by atoms with Crippen LogP contribution in [0, 0.1) is 0 Å². The van der Waals surface area contributed by atoms with Gasteiger partial charge in [-0.1, -0.05) is 93.4 Å². The summed E-state index contributed by atoms with van der Waals surface area (Å²) in [4.78, 5) is 25.5. The molecule has 0 spiro atoms. The minimum atomic E-state index is 0.0986. The van der Waals surface area contributed by atoms with Crippen LogP contribution in [-0.4, -0.2) is 17.1 Å². The van der Waals surface area contributed by atoms with E-state index >= 15 is 0 Å². The van der Waals surface area contributed by atoms with Gasteiger partial charge in [0.15, 0.2) is 12.1 Å².